The Bertz CT molecular complexity index is 1230. The van der Waals surface area contributed by atoms with Gasteiger partial charge < -0.3 is 9.72 Å². The SMILES string of the molecule is CC(C)(C)OC(=O)N1[C@@H]2CC[C@@H](C2)[C@H]1C(=O)C[C@H](C#N)Cc1cc(-c2cccc(=O)[nH]2)ccc1F. The van der Waals surface area contributed by atoms with Crippen LogP contribution in [0.15, 0.2) is 41.2 Å². The van der Waals surface area contributed by atoms with E-state index in [1.165, 1.54) is 12.1 Å². The number of aromatic nitrogens is 1. The fourth-order valence-electron chi connectivity index (χ4n) is 5.29. The number of pyridine rings is 1. The van der Waals surface area contributed by atoms with E-state index in [1.807, 2.05) is 0 Å². The zero-order valence-electron chi connectivity index (χ0n) is 20.2. The van der Waals surface area contributed by atoms with E-state index >= 15 is 0 Å². The lowest BCUT2D eigenvalue weighted by atomic mass is 9.87. The summed E-state index contributed by atoms with van der Waals surface area (Å²) in [7, 11) is 0. The number of ether oxygens (including phenoxy) is 1. The van der Waals surface area contributed by atoms with Gasteiger partial charge in [0.25, 0.3) is 0 Å². The summed E-state index contributed by atoms with van der Waals surface area (Å²) < 4.78 is 20.2. The third-order valence-electron chi connectivity index (χ3n) is 6.74. The van der Waals surface area contributed by atoms with Crippen LogP contribution in [0.3, 0.4) is 0 Å². The van der Waals surface area contributed by atoms with Crippen molar-refractivity contribution in [3.8, 4) is 17.3 Å². The molecule has 35 heavy (non-hydrogen) atoms. The number of carbonyl (C=O) groups excluding carboxylic acids is 2. The number of carbonyl (C=O) groups is 2. The number of aromatic amines is 1. The van der Waals surface area contributed by atoms with E-state index in [9.17, 15) is 24.0 Å². The van der Waals surface area contributed by atoms with Crippen LogP contribution in [0.25, 0.3) is 11.3 Å². The second kappa shape index (κ2) is 9.65. The van der Waals surface area contributed by atoms with Crippen molar-refractivity contribution >= 4 is 11.9 Å². The van der Waals surface area contributed by atoms with Crippen LogP contribution in [0.4, 0.5) is 9.18 Å². The lowest BCUT2D eigenvalue weighted by Gasteiger charge is -2.35. The first-order valence-electron chi connectivity index (χ1n) is 12.0. The van der Waals surface area contributed by atoms with Gasteiger partial charge in [-0.1, -0.05) is 6.07 Å². The second-order valence-electron chi connectivity index (χ2n) is 10.5. The highest BCUT2D eigenvalue weighted by Gasteiger charge is 2.52. The van der Waals surface area contributed by atoms with Crippen molar-refractivity contribution in [2.24, 2.45) is 11.8 Å². The van der Waals surface area contributed by atoms with Crippen LogP contribution < -0.4 is 5.56 Å². The van der Waals surface area contributed by atoms with Gasteiger partial charge in [0, 0.05) is 24.2 Å². The van der Waals surface area contributed by atoms with Crippen molar-refractivity contribution in [2.45, 2.75) is 70.6 Å². The first-order valence-corrected chi connectivity index (χ1v) is 12.0. The standard InChI is InChI=1S/C27H30FN3O4/c1-27(2,3)35-26(34)31-20-9-7-18(14-20)25(31)23(32)12-16(15-29)11-19-13-17(8-10-21(19)28)22-5-4-6-24(33)30-22/h4-6,8,10,13,16,18,20,25H,7,9,11-12,14H2,1-3H3,(H,30,33)/t16-,18+,20-,25+/m1/s1. The molecule has 1 aromatic heterocycles. The molecule has 4 rings (SSSR count). The summed E-state index contributed by atoms with van der Waals surface area (Å²) in [6.07, 6.45) is 1.95. The Labute approximate surface area is 203 Å². The van der Waals surface area contributed by atoms with Gasteiger partial charge in [-0.25, -0.2) is 9.18 Å². The molecule has 0 spiro atoms. The average Bonchev–Trinajstić information content (AvgIpc) is 3.40. The van der Waals surface area contributed by atoms with Crippen LogP contribution in [0.5, 0.6) is 0 Å². The molecule has 2 aliphatic rings. The summed E-state index contributed by atoms with van der Waals surface area (Å²) in [5.74, 6) is -1.34. The molecule has 1 saturated carbocycles. The molecule has 0 radical (unpaired) electrons. The Balaban J connectivity index is 1.50. The van der Waals surface area contributed by atoms with Crippen molar-refractivity contribution in [3.63, 3.8) is 0 Å². The number of Topliss-reactive ketones (excluding diaryl/α,β-unsaturated/α-hetero) is 1. The fourth-order valence-corrected chi connectivity index (χ4v) is 5.29. The van der Waals surface area contributed by atoms with Gasteiger partial charge in [0.05, 0.1) is 18.0 Å². The van der Waals surface area contributed by atoms with E-state index in [2.05, 4.69) is 11.1 Å². The number of piperidine rings is 1. The molecule has 1 saturated heterocycles. The van der Waals surface area contributed by atoms with Crippen molar-refractivity contribution in [1.82, 2.24) is 9.88 Å². The van der Waals surface area contributed by atoms with E-state index in [1.54, 1.807) is 49.9 Å². The number of amides is 1. The number of nitriles is 1. The monoisotopic (exact) mass is 479 g/mol. The summed E-state index contributed by atoms with van der Waals surface area (Å²) in [5, 5.41) is 9.78. The number of nitrogens with zero attached hydrogens (tertiary/aromatic N) is 2. The topological polar surface area (TPSA) is 103 Å². The average molecular weight is 480 g/mol. The van der Waals surface area contributed by atoms with E-state index in [0.29, 0.717) is 16.8 Å². The van der Waals surface area contributed by atoms with Crippen molar-refractivity contribution < 1.29 is 18.7 Å². The number of hydrogen-bond donors (Lipinski definition) is 1. The zero-order valence-corrected chi connectivity index (χ0v) is 20.2. The van der Waals surface area contributed by atoms with E-state index < -0.39 is 29.5 Å². The molecule has 2 aromatic rings. The van der Waals surface area contributed by atoms with Crippen molar-refractivity contribution in [1.29, 1.82) is 5.26 Å². The zero-order chi connectivity index (χ0) is 25.3. The summed E-state index contributed by atoms with van der Waals surface area (Å²) in [4.78, 5) is 42.1. The maximum Gasteiger partial charge on any atom is 0.411 e. The maximum absolute atomic E-state index is 14.6. The first-order chi connectivity index (χ1) is 16.6. The number of hydrogen-bond acceptors (Lipinski definition) is 5. The Morgan fingerprint density at radius 2 is 2.03 bits per heavy atom. The first kappa shape index (κ1) is 24.6. The number of H-pyrrole nitrogens is 1. The lowest BCUT2D eigenvalue weighted by molar-refractivity contribution is -0.126. The molecular formula is C27H30FN3O4. The lowest BCUT2D eigenvalue weighted by Crippen LogP contribution is -2.51. The molecule has 1 aliphatic heterocycles. The predicted octanol–water partition coefficient (Wildman–Crippen LogP) is 4.61. The fraction of sp³-hybridized carbons (Fsp3) is 0.481. The third-order valence-corrected chi connectivity index (χ3v) is 6.74. The van der Waals surface area contributed by atoms with Crippen LogP contribution in [-0.2, 0) is 16.0 Å². The molecule has 1 N–H and O–H groups in total. The number of likely N-dealkylation sites (tertiary alicyclic amines) is 1. The van der Waals surface area contributed by atoms with Crippen LogP contribution in [0.2, 0.25) is 0 Å². The van der Waals surface area contributed by atoms with Crippen LogP contribution >= 0.6 is 0 Å². The molecule has 2 fully saturated rings. The predicted molar refractivity (Wildman–Crippen MR) is 128 cm³/mol. The number of nitrogens with one attached hydrogen (secondary N) is 1. The largest absolute Gasteiger partial charge is 0.444 e. The van der Waals surface area contributed by atoms with Gasteiger partial charge in [-0.3, -0.25) is 14.5 Å². The minimum atomic E-state index is -0.748. The Morgan fingerprint density at radius 3 is 2.71 bits per heavy atom. The smallest absolute Gasteiger partial charge is 0.411 e. The summed E-state index contributed by atoms with van der Waals surface area (Å²) in [5.41, 5.74) is 0.509. The minimum absolute atomic E-state index is 0.0218. The van der Waals surface area contributed by atoms with Crippen LogP contribution in [-0.4, -0.2) is 39.4 Å². The van der Waals surface area contributed by atoms with Gasteiger partial charge in [-0.05, 0) is 87.8 Å². The Kier molecular flexibility index (Phi) is 6.79. The molecule has 2 bridgehead atoms. The van der Waals surface area contributed by atoms with E-state index in [-0.39, 0.29) is 36.1 Å². The molecule has 4 atom stereocenters. The summed E-state index contributed by atoms with van der Waals surface area (Å²) >= 11 is 0. The van der Waals surface area contributed by atoms with Crippen molar-refractivity contribution in [3.05, 3.63) is 58.1 Å². The molecule has 184 valence electrons. The van der Waals surface area contributed by atoms with Gasteiger partial charge >= 0.3 is 6.09 Å². The van der Waals surface area contributed by atoms with Gasteiger partial charge in [0.15, 0.2) is 5.78 Å². The van der Waals surface area contributed by atoms with Gasteiger partial charge in [-0.2, -0.15) is 5.26 Å². The Morgan fingerprint density at radius 1 is 1.26 bits per heavy atom. The molecule has 7 nitrogen and oxygen atoms in total. The number of benzene rings is 1. The van der Waals surface area contributed by atoms with Crippen LogP contribution in [0, 0.1) is 29.0 Å². The molecule has 1 aliphatic carbocycles. The molecule has 8 heteroatoms. The minimum Gasteiger partial charge on any atom is -0.444 e. The normalized spacial score (nSPS) is 22.0. The van der Waals surface area contributed by atoms with Gasteiger partial charge in [0.2, 0.25) is 5.56 Å². The van der Waals surface area contributed by atoms with Gasteiger partial charge in [0.1, 0.15) is 11.4 Å². The highest BCUT2D eigenvalue weighted by Crippen LogP contribution is 2.44. The number of rotatable bonds is 6. The molecular weight excluding hydrogens is 449 g/mol. The van der Waals surface area contributed by atoms with Gasteiger partial charge in [-0.15, -0.1) is 0 Å². The molecule has 2 heterocycles. The number of ketones is 1. The number of fused-ring (bicyclic) bond motifs is 2. The number of halogens is 1. The third kappa shape index (κ3) is 5.45. The van der Waals surface area contributed by atoms with E-state index in [0.717, 1.165) is 19.3 Å². The summed E-state index contributed by atoms with van der Waals surface area (Å²) in [6.45, 7) is 5.36. The maximum atomic E-state index is 14.6. The van der Waals surface area contributed by atoms with E-state index in [4.69, 9.17) is 4.74 Å². The highest BCUT2D eigenvalue weighted by molar-refractivity contribution is 5.89. The summed E-state index contributed by atoms with van der Waals surface area (Å²) in [6, 6.07) is 10.7. The Hall–Kier alpha value is -3.47. The molecule has 1 amide bonds. The molecule has 0 unspecified atom stereocenters. The van der Waals surface area contributed by atoms with Crippen LogP contribution in [0.1, 0.15) is 52.0 Å². The second-order valence-corrected chi connectivity index (χ2v) is 10.5. The molecule has 1 aromatic carbocycles. The quantitative estimate of drug-likeness (QED) is 0.652. The van der Waals surface area contributed by atoms with Crippen molar-refractivity contribution in [2.75, 3.05) is 0 Å². The highest BCUT2D eigenvalue weighted by atomic mass is 19.1.